The molecular formula is C19H22ClIN2O. The van der Waals surface area contributed by atoms with Crippen LogP contribution in [0.25, 0.3) is 0 Å². The number of nitrogens with zero attached hydrogens (tertiary/aromatic N) is 1. The van der Waals surface area contributed by atoms with Crippen LogP contribution in [-0.2, 0) is 13.1 Å². The molecule has 0 saturated carbocycles. The Bertz CT molecular complexity index is 645. The van der Waals surface area contributed by atoms with E-state index in [9.17, 15) is 0 Å². The van der Waals surface area contributed by atoms with E-state index in [2.05, 4.69) is 40.5 Å². The minimum Gasteiger partial charge on any atom is -0.428 e. The maximum atomic E-state index is 6.31. The lowest BCUT2D eigenvalue weighted by atomic mass is 10.0. The average Bonchev–Trinajstić information content (AvgIpc) is 2.63. The van der Waals surface area contributed by atoms with Gasteiger partial charge in [0.2, 0.25) is 0 Å². The van der Waals surface area contributed by atoms with Crippen LogP contribution in [0.5, 0.6) is 5.75 Å². The van der Waals surface area contributed by atoms with E-state index in [1.165, 1.54) is 18.4 Å². The Labute approximate surface area is 163 Å². The van der Waals surface area contributed by atoms with E-state index >= 15 is 0 Å². The Hall–Kier alpha value is -0.820. The van der Waals surface area contributed by atoms with Gasteiger partial charge in [-0.15, -0.1) is 0 Å². The van der Waals surface area contributed by atoms with E-state index in [0.29, 0.717) is 6.04 Å². The van der Waals surface area contributed by atoms with Gasteiger partial charge in [-0.1, -0.05) is 48.0 Å². The molecule has 128 valence electrons. The molecule has 0 unspecified atom stereocenters. The largest absolute Gasteiger partial charge is 0.428 e. The molecule has 2 aromatic rings. The lowest BCUT2D eigenvalue weighted by molar-refractivity contribution is 0.190. The Kier molecular flexibility index (Phi) is 6.77. The summed E-state index contributed by atoms with van der Waals surface area (Å²) in [6.07, 6.45) is 2.36. The first-order valence-electron chi connectivity index (χ1n) is 8.31. The van der Waals surface area contributed by atoms with Crippen LogP contribution < -0.4 is 8.38 Å². The minimum absolute atomic E-state index is 0.564. The number of piperidine rings is 1. The van der Waals surface area contributed by atoms with E-state index in [-0.39, 0.29) is 0 Å². The topological polar surface area (TPSA) is 24.5 Å². The highest BCUT2D eigenvalue weighted by atomic mass is 127. The van der Waals surface area contributed by atoms with Crippen molar-refractivity contribution in [1.82, 2.24) is 10.2 Å². The summed E-state index contributed by atoms with van der Waals surface area (Å²) < 4.78 is 5.16. The van der Waals surface area contributed by atoms with E-state index in [4.69, 9.17) is 14.7 Å². The molecule has 3 nitrogen and oxygen atoms in total. The first kappa shape index (κ1) is 18.0. The third kappa shape index (κ3) is 5.09. The fourth-order valence-corrected chi connectivity index (χ4v) is 3.62. The summed E-state index contributed by atoms with van der Waals surface area (Å²) in [7, 11) is 0. The van der Waals surface area contributed by atoms with Gasteiger partial charge in [-0.2, -0.15) is 0 Å². The number of hydrogen-bond donors (Lipinski definition) is 1. The molecule has 0 atom stereocenters. The predicted molar refractivity (Wildman–Crippen MR) is 108 cm³/mol. The molecule has 2 aromatic carbocycles. The summed E-state index contributed by atoms with van der Waals surface area (Å²) >= 11 is 8.18. The molecule has 5 heteroatoms. The van der Waals surface area contributed by atoms with Gasteiger partial charge in [0.25, 0.3) is 0 Å². The summed E-state index contributed by atoms with van der Waals surface area (Å²) in [6.45, 7) is 4.14. The molecule has 1 fully saturated rings. The van der Waals surface area contributed by atoms with Crippen molar-refractivity contribution < 1.29 is 3.07 Å². The SMILES string of the molecule is Clc1cc(OI)ccc1CNC1CCN(Cc2ccccc2)CC1. The first-order chi connectivity index (χ1) is 11.7. The molecule has 0 bridgehead atoms. The van der Waals surface area contributed by atoms with E-state index in [1.807, 2.05) is 41.2 Å². The normalized spacial score (nSPS) is 16.2. The standard InChI is InChI=1S/C19H22ClIN2O/c20-19-12-18(24-21)7-6-16(19)13-22-17-8-10-23(11-9-17)14-15-4-2-1-3-5-15/h1-7,12,17,22H,8-11,13-14H2. The monoisotopic (exact) mass is 456 g/mol. The molecule has 3 rings (SSSR count). The van der Waals surface area contributed by atoms with Gasteiger partial charge in [0.1, 0.15) is 5.75 Å². The lowest BCUT2D eigenvalue weighted by Gasteiger charge is -2.32. The number of nitrogens with one attached hydrogen (secondary N) is 1. The van der Waals surface area contributed by atoms with Crippen molar-refractivity contribution in [3.05, 3.63) is 64.7 Å². The van der Waals surface area contributed by atoms with Gasteiger partial charge in [0, 0.05) is 30.2 Å². The number of likely N-dealkylation sites (tertiary alicyclic amines) is 1. The smallest absolute Gasteiger partial charge is 0.192 e. The van der Waals surface area contributed by atoms with Gasteiger partial charge in [0.15, 0.2) is 23.0 Å². The predicted octanol–water partition coefficient (Wildman–Crippen LogP) is 4.82. The Balaban J connectivity index is 1.44. The molecule has 1 aliphatic heterocycles. The van der Waals surface area contributed by atoms with Gasteiger partial charge in [-0.25, -0.2) is 0 Å². The van der Waals surface area contributed by atoms with E-state index in [0.717, 1.165) is 42.5 Å². The van der Waals surface area contributed by atoms with E-state index < -0.39 is 0 Å². The zero-order chi connectivity index (χ0) is 16.8. The second-order valence-corrected chi connectivity index (χ2v) is 7.09. The van der Waals surface area contributed by atoms with Gasteiger partial charge < -0.3 is 8.38 Å². The number of halogens is 2. The van der Waals surface area contributed by atoms with E-state index in [1.54, 1.807) is 0 Å². The first-order valence-corrected chi connectivity index (χ1v) is 9.57. The Morgan fingerprint density at radius 2 is 1.88 bits per heavy atom. The third-order valence-electron chi connectivity index (χ3n) is 4.53. The van der Waals surface area contributed by atoms with Gasteiger partial charge >= 0.3 is 0 Å². The van der Waals surface area contributed by atoms with Crippen molar-refractivity contribution in [1.29, 1.82) is 0 Å². The molecule has 24 heavy (non-hydrogen) atoms. The van der Waals surface area contributed by atoms with Crippen LogP contribution in [0.1, 0.15) is 24.0 Å². The average molecular weight is 457 g/mol. The van der Waals surface area contributed by atoms with Crippen molar-refractivity contribution >= 4 is 34.6 Å². The summed E-state index contributed by atoms with van der Waals surface area (Å²) in [5.74, 6) is 0.790. The molecule has 1 aliphatic rings. The highest BCUT2D eigenvalue weighted by molar-refractivity contribution is 14.1. The van der Waals surface area contributed by atoms with Crippen LogP contribution in [-0.4, -0.2) is 24.0 Å². The van der Waals surface area contributed by atoms with Gasteiger partial charge in [-0.3, -0.25) is 4.90 Å². The highest BCUT2D eigenvalue weighted by Crippen LogP contribution is 2.24. The Morgan fingerprint density at radius 1 is 1.12 bits per heavy atom. The number of benzene rings is 2. The number of rotatable bonds is 6. The van der Waals surface area contributed by atoms with Crippen LogP contribution in [0, 0.1) is 0 Å². The number of hydrogen-bond acceptors (Lipinski definition) is 3. The fourth-order valence-electron chi connectivity index (χ4n) is 3.11. The Morgan fingerprint density at radius 3 is 2.54 bits per heavy atom. The third-order valence-corrected chi connectivity index (χ3v) is 5.39. The zero-order valence-corrected chi connectivity index (χ0v) is 16.5. The van der Waals surface area contributed by atoms with Gasteiger partial charge in [0.05, 0.1) is 0 Å². The molecule has 1 N–H and O–H groups in total. The second-order valence-electron chi connectivity index (χ2n) is 6.25. The van der Waals surface area contributed by atoms with Crippen LogP contribution in [0.2, 0.25) is 5.02 Å². The van der Waals surface area contributed by atoms with Crippen molar-refractivity contribution in [2.45, 2.75) is 32.0 Å². The summed E-state index contributed by atoms with van der Waals surface area (Å²) in [4.78, 5) is 2.53. The quantitative estimate of drug-likeness (QED) is 0.631. The molecule has 0 spiro atoms. The van der Waals surface area contributed by atoms with Crippen LogP contribution in [0.3, 0.4) is 0 Å². The summed E-state index contributed by atoms with van der Waals surface area (Å²) in [5, 5.41) is 4.41. The molecule has 0 amide bonds. The van der Waals surface area contributed by atoms with Crippen molar-refractivity contribution in [3.8, 4) is 5.75 Å². The summed E-state index contributed by atoms with van der Waals surface area (Å²) in [5.41, 5.74) is 2.52. The molecular weight excluding hydrogens is 435 g/mol. The van der Waals surface area contributed by atoms with Gasteiger partial charge in [-0.05, 0) is 43.1 Å². The van der Waals surface area contributed by atoms with Crippen molar-refractivity contribution in [2.75, 3.05) is 13.1 Å². The van der Waals surface area contributed by atoms with Crippen LogP contribution >= 0.6 is 34.6 Å². The van der Waals surface area contributed by atoms with Crippen LogP contribution in [0.15, 0.2) is 48.5 Å². The maximum absolute atomic E-state index is 6.31. The molecule has 0 aliphatic carbocycles. The summed E-state index contributed by atoms with van der Waals surface area (Å²) in [6, 6.07) is 17.1. The van der Waals surface area contributed by atoms with Crippen LogP contribution in [0.4, 0.5) is 0 Å². The highest BCUT2D eigenvalue weighted by Gasteiger charge is 2.19. The lowest BCUT2D eigenvalue weighted by Crippen LogP contribution is -2.41. The molecule has 1 saturated heterocycles. The minimum atomic E-state index is 0.564. The molecule has 0 aromatic heterocycles. The fraction of sp³-hybridized carbons (Fsp3) is 0.368. The molecule has 0 radical (unpaired) electrons. The second kappa shape index (κ2) is 9.04. The van der Waals surface area contributed by atoms with Crippen molar-refractivity contribution in [3.63, 3.8) is 0 Å². The zero-order valence-electron chi connectivity index (χ0n) is 13.6. The maximum Gasteiger partial charge on any atom is 0.192 e. The van der Waals surface area contributed by atoms with Crippen molar-refractivity contribution in [2.24, 2.45) is 0 Å². The molecule has 1 heterocycles.